The fraction of sp³-hybridized carbons (Fsp3) is 0.733. The molecule has 1 N–H and O–H groups in total. The standard InChI is InChI=1S/C15H26BrN3O2/c1-5-12-15(16)13(19(6-2)17-12)10-18(11(3)4)9-7-8-14(20)21/h11H,5-10H2,1-4H3,(H,20,21). The minimum Gasteiger partial charge on any atom is -0.481 e. The third-order valence-corrected chi connectivity index (χ3v) is 4.53. The summed E-state index contributed by atoms with van der Waals surface area (Å²) >= 11 is 3.67. The highest BCUT2D eigenvalue weighted by atomic mass is 79.9. The normalized spacial score (nSPS) is 11.6. The third kappa shape index (κ3) is 5.11. The largest absolute Gasteiger partial charge is 0.481 e. The van der Waals surface area contributed by atoms with Crippen LogP contribution in [0.3, 0.4) is 0 Å². The van der Waals surface area contributed by atoms with Crippen LogP contribution in [0.5, 0.6) is 0 Å². The molecule has 0 radical (unpaired) electrons. The van der Waals surface area contributed by atoms with Gasteiger partial charge in [-0.05, 0) is 56.1 Å². The van der Waals surface area contributed by atoms with Crippen LogP contribution in [0.2, 0.25) is 0 Å². The smallest absolute Gasteiger partial charge is 0.303 e. The van der Waals surface area contributed by atoms with E-state index in [9.17, 15) is 4.79 Å². The number of carboxylic acids is 1. The van der Waals surface area contributed by atoms with E-state index in [1.807, 2.05) is 4.68 Å². The van der Waals surface area contributed by atoms with Crippen LogP contribution in [-0.2, 0) is 24.3 Å². The van der Waals surface area contributed by atoms with Gasteiger partial charge in [0.2, 0.25) is 0 Å². The van der Waals surface area contributed by atoms with E-state index in [1.165, 1.54) is 5.69 Å². The van der Waals surface area contributed by atoms with Crippen molar-refractivity contribution in [2.75, 3.05) is 6.54 Å². The van der Waals surface area contributed by atoms with Gasteiger partial charge in [0, 0.05) is 25.6 Å². The van der Waals surface area contributed by atoms with Gasteiger partial charge in [0.05, 0.1) is 15.9 Å². The van der Waals surface area contributed by atoms with E-state index in [2.05, 4.69) is 53.6 Å². The average molecular weight is 360 g/mol. The van der Waals surface area contributed by atoms with Gasteiger partial charge in [0.25, 0.3) is 0 Å². The predicted octanol–water partition coefficient (Wildman–Crippen LogP) is 3.30. The summed E-state index contributed by atoms with van der Waals surface area (Å²) in [5.74, 6) is -0.730. The Kier molecular flexibility index (Phi) is 7.39. The molecule has 0 saturated carbocycles. The highest BCUT2D eigenvalue weighted by Gasteiger charge is 2.18. The van der Waals surface area contributed by atoms with Gasteiger partial charge < -0.3 is 5.11 Å². The molecule has 5 nitrogen and oxygen atoms in total. The van der Waals surface area contributed by atoms with E-state index < -0.39 is 5.97 Å². The summed E-state index contributed by atoms with van der Waals surface area (Å²) in [6, 6.07) is 0.371. The van der Waals surface area contributed by atoms with Crippen molar-refractivity contribution in [3.63, 3.8) is 0 Å². The summed E-state index contributed by atoms with van der Waals surface area (Å²) in [7, 11) is 0. The molecule has 0 aliphatic heterocycles. The molecule has 1 aromatic heterocycles. The lowest BCUT2D eigenvalue weighted by Crippen LogP contribution is -2.32. The van der Waals surface area contributed by atoms with Crippen LogP contribution in [0.25, 0.3) is 0 Å². The molecule has 0 aliphatic carbocycles. The van der Waals surface area contributed by atoms with Crippen molar-refractivity contribution < 1.29 is 9.90 Å². The van der Waals surface area contributed by atoms with Crippen LogP contribution < -0.4 is 0 Å². The van der Waals surface area contributed by atoms with Gasteiger partial charge in [0.15, 0.2) is 0 Å². The first-order chi connectivity index (χ1) is 9.90. The molecular weight excluding hydrogens is 334 g/mol. The van der Waals surface area contributed by atoms with E-state index in [0.717, 1.165) is 36.2 Å². The second-order valence-electron chi connectivity index (χ2n) is 5.44. The molecular formula is C15H26BrN3O2. The summed E-state index contributed by atoms with van der Waals surface area (Å²) < 4.78 is 3.13. The first-order valence-electron chi connectivity index (χ1n) is 7.60. The molecule has 0 aliphatic rings. The maximum absolute atomic E-state index is 10.7. The number of nitrogens with zero attached hydrogens (tertiary/aromatic N) is 3. The van der Waals surface area contributed by atoms with Gasteiger partial charge in [-0.25, -0.2) is 0 Å². The summed E-state index contributed by atoms with van der Waals surface area (Å²) in [4.78, 5) is 13.0. The van der Waals surface area contributed by atoms with Crippen LogP contribution in [0, 0.1) is 0 Å². The highest BCUT2D eigenvalue weighted by molar-refractivity contribution is 9.10. The number of aryl methyl sites for hydroxylation is 2. The number of aliphatic carboxylic acids is 1. The molecule has 6 heteroatoms. The molecule has 0 saturated heterocycles. The SMILES string of the molecule is CCc1nn(CC)c(CN(CCCC(=O)O)C(C)C)c1Br. The maximum atomic E-state index is 10.7. The molecule has 120 valence electrons. The Morgan fingerprint density at radius 2 is 2.10 bits per heavy atom. The molecule has 1 heterocycles. The van der Waals surface area contributed by atoms with E-state index in [4.69, 9.17) is 5.11 Å². The van der Waals surface area contributed by atoms with Gasteiger partial charge >= 0.3 is 5.97 Å². The van der Waals surface area contributed by atoms with Crippen molar-refractivity contribution >= 4 is 21.9 Å². The van der Waals surface area contributed by atoms with Crippen LogP contribution >= 0.6 is 15.9 Å². The molecule has 0 spiro atoms. The van der Waals surface area contributed by atoms with Gasteiger partial charge in [-0.3, -0.25) is 14.4 Å². The van der Waals surface area contributed by atoms with Gasteiger partial charge in [-0.1, -0.05) is 6.92 Å². The average Bonchev–Trinajstić information content (AvgIpc) is 2.73. The van der Waals surface area contributed by atoms with Crippen molar-refractivity contribution in [3.8, 4) is 0 Å². The molecule has 21 heavy (non-hydrogen) atoms. The van der Waals surface area contributed by atoms with E-state index in [1.54, 1.807) is 0 Å². The van der Waals surface area contributed by atoms with E-state index in [-0.39, 0.29) is 6.42 Å². The fourth-order valence-electron chi connectivity index (χ4n) is 2.31. The predicted molar refractivity (Wildman–Crippen MR) is 87.4 cm³/mol. The Balaban J connectivity index is 2.83. The number of carbonyl (C=O) groups is 1. The molecule has 0 atom stereocenters. The summed E-state index contributed by atoms with van der Waals surface area (Å²) in [6.07, 6.45) is 1.80. The molecule has 0 fully saturated rings. The minimum atomic E-state index is -0.730. The topological polar surface area (TPSA) is 58.4 Å². The van der Waals surface area contributed by atoms with Crippen LogP contribution in [-0.4, -0.2) is 38.3 Å². The number of halogens is 1. The number of hydrogen-bond acceptors (Lipinski definition) is 3. The Bertz CT molecular complexity index is 472. The summed E-state index contributed by atoms with van der Waals surface area (Å²) in [6.45, 7) is 10.9. The van der Waals surface area contributed by atoms with Gasteiger partial charge in [0.1, 0.15) is 0 Å². The molecule has 1 rings (SSSR count). The molecule has 0 unspecified atom stereocenters. The zero-order chi connectivity index (χ0) is 16.0. The van der Waals surface area contributed by atoms with Crippen molar-refractivity contribution in [1.82, 2.24) is 14.7 Å². The zero-order valence-electron chi connectivity index (χ0n) is 13.4. The monoisotopic (exact) mass is 359 g/mol. The van der Waals surface area contributed by atoms with Crippen LogP contribution in [0.1, 0.15) is 51.9 Å². The van der Waals surface area contributed by atoms with Crippen molar-refractivity contribution in [1.29, 1.82) is 0 Å². The minimum absolute atomic E-state index is 0.220. The van der Waals surface area contributed by atoms with E-state index in [0.29, 0.717) is 12.5 Å². The fourth-order valence-corrected chi connectivity index (χ4v) is 3.00. The quantitative estimate of drug-likeness (QED) is 0.734. The Morgan fingerprint density at radius 1 is 1.43 bits per heavy atom. The Hall–Kier alpha value is -0.880. The molecule has 0 amide bonds. The van der Waals surface area contributed by atoms with E-state index >= 15 is 0 Å². The number of hydrogen-bond donors (Lipinski definition) is 1. The third-order valence-electron chi connectivity index (χ3n) is 3.61. The highest BCUT2D eigenvalue weighted by Crippen LogP contribution is 2.24. The summed E-state index contributed by atoms with van der Waals surface area (Å²) in [5, 5.41) is 13.4. The second-order valence-corrected chi connectivity index (χ2v) is 6.23. The number of aromatic nitrogens is 2. The first-order valence-corrected chi connectivity index (χ1v) is 8.39. The summed E-state index contributed by atoms with van der Waals surface area (Å²) in [5.41, 5.74) is 2.26. The Labute approximate surface area is 135 Å². The van der Waals surface area contributed by atoms with Crippen molar-refractivity contribution in [2.45, 2.75) is 66.1 Å². The number of rotatable bonds is 9. The molecule has 0 aromatic carbocycles. The van der Waals surface area contributed by atoms with Crippen molar-refractivity contribution in [3.05, 3.63) is 15.9 Å². The lowest BCUT2D eigenvalue weighted by Gasteiger charge is -2.26. The van der Waals surface area contributed by atoms with Gasteiger partial charge in [-0.2, -0.15) is 5.10 Å². The van der Waals surface area contributed by atoms with Gasteiger partial charge in [-0.15, -0.1) is 0 Å². The van der Waals surface area contributed by atoms with Crippen molar-refractivity contribution in [2.24, 2.45) is 0 Å². The van der Waals surface area contributed by atoms with Crippen LogP contribution in [0.4, 0.5) is 0 Å². The first kappa shape index (κ1) is 18.2. The zero-order valence-corrected chi connectivity index (χ0v) is 15.0. The Morgan fingerprint density at radius 3 is 2.57 bits per heavy atom. The van der Waals surface area contributed by atoms with Crippen LogP contribution in [0.15, 0.2) is 4.47 Å². The maximum Gasteiger partial charge on any atom is 0.303 e. The second kappa shape index (κ2) is 8.54. The molecule has 0 bridgehead atoms. The molecule has 1 aromatic rings. The lowest BCUT2D eigenvalue weighted by atomic mass is 10.2. The number of carboxylic acid groups (broad SMARTS) is 1. The lowest BCUT2D eigenvalue weighted by molar-refractivity contribution is -0.137.